The molecule has 0 fully saturated rings. The van der Waals surface area contributed by atoms with Crippen LogP contribution >= 0.6 is 0 Å². The minimum Gasteiger partial charge on any atom is -0.299 e. The maximum Gasteiger partial charge on any atom is 0.136 e. The zero-order valence-electron chi connectivity index (χ0n) is 5.85. The number of carbonyl (C=O) groups is 1. The Kier molecular flexibility index (Phi) is 3.70. The van der Waals surface area contributed by atoms with Gasteiger partial charge in [0.1, 0.15) is 5.78 Å². The van der Waals surface area contributed by atoms with Crippen molar-refractivity contribution < 1.29 is 4.79 Å². The summed E-state index contributed by atoms with van der Waals surface area (Å²) in [6.45, 7) is 3.69. The Balaban J connectivity index is 3.42. The van der Waals surface area contributed by atoms with Crippen LogP contribution in [-0.4, -0.2) is 5.78 Å². The summed E-state index contributed by atoms with van der Waals surface area (Å²) < 4.78 is 0. The molecule has 0 aromatic rings. The molecule has 0 saturated carbocycles. The van der Waals surface area contributed by atoms with Crippen LogP contribution in [0.15, 0.2) is 0 Å². The summed E-state index contributed by atoms with van der Waals surface area (Å²) in [7, 11) is 0. The van der Waals surface area contributed by atoms with Gasteiger partial charge < -0.3 is 0 Å². The van der Waals surface area contributed by atoms with Crippen molar-refractivity contribution in [2.45, 2.75) is 26.7 Å². The molecule has 0 aromatic carbocycles. The molecule has 0 spiro atoms. The quantitative estimate of drug-likeness (QED) is 0.573. The molecule has 50 valence electrons. The number of carbonyl (C=O) groups excluding carboxylic acids is 1. The van der Waals surface area contributed by atoms with Crippen molar-refractivity contribution in [2.75, 3.05) is 0 Å². The van der Waals surface area contributed by atoms with Crippen molar-refractivity contribution in [1.29, 1.82) is 5.26 Å². The lowest BCUT2D eigenvalue weighted by Crippen LogP contribution is -2.05. The monoisotopic (exact) mass is 125 g/mol. The number of hydrogen-bond donors (Lipinski definition) is 0. The second-order valence-corrected chi connectivity index (χ2v) is 2.28. The molecule has 0 bridgehead atoms. The number of ketones is 1. The van der Waals surface area contributed by atoms with E-state index < -0.39 is 0 Å². The first-order valence-electron chi connectivity index (χ1n) is 3.08. The van der Waals surface area contributed by atoms with Gasteiger partial charge in [-0.25, -0.2) is 0 Å². The van der Waals surface area contributed by atoms with E-state index in [9.17, 15) is 4.79 Å². The van der Waals surface area contributed by atoms with E-state index in [-0.39, 0.29) is 11.7 Å². The fourth-order valence-corrected chi connectivity index (χ4v) is 0.468. The molecule has 9 heavy (non-hydrogen) atoms. The van der Waals surface area contributed by atoms with Crippen LogP contribution in [0.25, 0.3) is 0 Å². The van der Waals surface area contributed by atoms with Gasteiger partial charge in [-0.2, -0.15) is 5.26 Å². The standard InChI is InChI=1S/C7H11NO/c1-6(2)7(9)4-3-5-8/h6H,3-4H2,1-2H3. The van der Waals surface area contributed by atoms with Gasteiger partial charge in [0.05, 0.1) is 6.07 Å². The minimum atomic E-state index is 0.0818. The third-order valence-electron chi connectivity index (χ3n) is 1.13. The minimum absolute atomic E-state index is 0.0818. The topological polar surface area (TPSA) is 40.9 Å². The zero-order valence-corrected chi connectivity index (χ0v) is 5.85. The molecule has 2 nitrogen and oxygen atoms in total. The Labute approximate surface area is 55.5 Å². The fourth-order valence-electron chi connectivity index (χ4n) is 0.468. The van der Waals surface area contributed by atoms with Crippen molar-refractivity contribution in [3.63, 3.8) is 0 Å². The lowest BCUT2D eigenvalue weighted by molar-refractivity contribution is -0.121. The Hall–Kier alpha value is -0.840. The van der Waals surface area contributed by atoms with Gasteiger partial charge in [-0.05, 0) is 0 Å². The first-order chi connectivity index (χ1) is 4.18. The second-order valence-electron chi connectivity index (χ2n) is 2.28. The van der Waals surface area contributed by atoms with Gasteiger partial charge in [0.25, 0.3) is 0 Å². The highest BCUT2D eigenvalue weighted by atomic mass is 16.1. The lowest BCUT2D eigenvalue weighted by Gasteiger charge is -1.98. The second kappa shape index (κ2) is 4.08. The van der Waals surface area contributed by atoms with Gasteiger partial charge in [0, 0.05) is 18.8 Å². The molecule has 0 unspecified atom stereocenters. The summed E-state index contributed by atoms with van der Waals surface area (Å²) >= 11 is 0. The number of hydrogen-bond acceptors (Lipinski definition) is 2. The van der Waals surface area contributed by atoms with Crippen molar-refractivity contribution in [3.05, 3.63) is 0 Å². The van der Waals surface area contributed by atoms with Gasteiger partial charge in [-0.15, -0.1) is 0 Å². The van der Waals surface area contributed by atoms with Crippen molar-refractivity contribution in [3.8, 4) is 6.07 Å². The zero-order chi connectivity index (χ0) is 7.28. The van der Waals surface area contributed by atoms with Crippen LogP contribution < -0.4 is 0 Å². The average molecular weight is 125 g/mol. The lowest BCUT2D eigenvalue weighted by atomic mass is 10.1. The van der Waals surface area contributed by atoms with E-state index in [1.54, 1.807) is 0 Å². The summed E-state index contributed by atoms with van der Waals surface area (Å²) in [5.41, 5.74) is 0. The van der Waals surface area contributed by atoms with E-state index in [4.69, 9.17) is 5.26 Å². The number of nitriles is 1. The number of nitrogens with zero attached hydrogens (tertiary/aromatic N) is 1. The molecule has 0 radical (unpaired) electrons. The fraction of sp³-hybridized carbons (Fsp3) is 0.714. The first kappa shape index (κ1) is 8.16. The van der Waals surface area contributed by atoms with E-state index in [1.165, 1.54) is 0 Å². The summed E-state index contributed by atoms with van der Waals surface area (Å²) in [5, 5.41) is 8.09. The highest BCUT2D eigenvalue weighted by Crippen LogP contribution is 1.99. The number of rotatable bonds is 3. The van der Waals surface area contributed by atoms with Crippen LogP contribution in [0.5, 0.6) is 0 Å². The summed E-state index contributed by atoms with van der Waals surface area (Å²) in [6.07, 6.45) is 0.769. The Morgan fingerprint density at radius 2 is 2.22 bits per heavy atom. The van der Waals surface area contributed by atoms with Gasteiger partial charge in [-0.3, -0.25) is 4.79 Å². The van der Waals surface area contributed by atoms with E-state index in [0.29, 0.717) is 12.8 Å². The van der Waals surface area contributed by atoms with Crippen molar-refractivity contribution in [2.24, 2.45) is 5.92 Å². The van der Waals surface area contributed by atoms with Crippen LogP contribution in [0.1, 0.15) is 26.7 Å². The third kappa shape index (κ3) is 3.72. The molecule has 0 aliphatic heterocycles. The molecule has 0 amide bonds. The highest BCUT2D eigenvalue weighted by molar-refractivity contribution is 5.80. The van der Waals surface area contributed by atoms with Crippen LogP contribution in [0.3, 0.4) is 0 Å². The average Bonchev–Trinajstić information content (AvgIpc) is 1.82. The summed E-state index contributed by atoms with van der Waals surface area (Å²) in [6, 6.07) is 1.93. The SMILES string of the molecule is CC(C)C(=O)CCC#N. The van der Waals surface area contributed by atoms with Gasteiger partial charge in [-0.1, -0.05) is 13.8 Å². The largest absolute Gasteiger partial charge is 0.299 e. The molecule has 0 saturated heterocycles. The van der Waals surface area contributed by atoms with Gasteiger partial charge in [0.15, 0.2) is 0 Å². The predicted octanol–water partition coefficient (Wildman–Crippen LogP) is 1.52. The van der Waals surface area contributed by atoms with Crippen LogP contribution in [0.4, 0.5) is 0 Å². The van der Waals surface area contributed by atoms with E-state index in [0.717, 1.165) is 0 Å². The highest BCUT2D eigenvalue weighted by Gasteiger charge is 2.04. The predicted molar refractivity (Wildman–Crippen MR) is 34.7 cm³/mol. The molecular formula is C7H11NO. The Morgan fingerprint density at radius 1 is 1.67 bits per heavy atom. The maximum atomic E-state index is 10.8. The van der Waals surface area contributed by atoms with Crippen LogP contribution in [0, 0.1) is 17.2 Å². The molecule has 0 rings (SSSR count). The maximum absolute atomic E-state index is 10.8. The molecular weight excluding hydrogens is 114 g/mol. The molecule has 0 N–H and O–H groups in total. The normalized spacial score (nSPS) is 9.11. The van der Waals surface area contributed by atoms with E-state index >= 15 is 0 Å². The Bertz CT molecular complexity index is 132. The smallest absolute Gasteiger partial charge is 0.136 e. The van der Waals surface area contributed by atoms with Crippen molar-refractivity contribution in [1.82, 2.24) is 0 Å². The van der Waals surface area contributed by atoms with Crippen molar-refractivity contribution >= 4 is 5.78 Å². The molecule has 0 aliphatic carbocycles. The molecule has 0 aliphatic rings. The van der Waals surface area contributed by atoms with Crippen LogP contribution in [-0.2, 0) is 4.79 Å². The van der Waals surface area contributed by atoms with E-state index in [2.05, 4.69) is 0 Å². The molecule has 0 heterocycles. The third-order valence-corrected chi connectivity index (χ3v) is 1.13. The van der Waals surface area contributed by atoms with Gasteiger partial charge in [0.2, 0.25) is 0 Å². The molecule has 0 aromatic heterocycles. The summed E-state index contributed by atoms with van der Waals surface area (Å²) in [4.78, 5) is 10.8. The van der Waals surface area contributed by atoms with E-state index in [1.807, 2.05) is 19.9 Å². The molecule has 2 heteroatoms. The molecule has 0 atom stereocenters. The van der Waals surface area contributed by atoms with Gasteiger partial charge >= 0.3 is 0 Å². The first-order valence-corrected chi connectivity index (χ1v) is 3.08. The summed E-state index contributed by atoms with van der Waals surface area (Å²) in [5.74, 6) is 0.259. The number of Topliss-reactive ketones (excluding diaryl/α,β-unsaturated/α-hetero) is 1. The van der Waals surface area contributed by atoms with Crippen LogP contribution in [0.2, 0.25) is 0 Å². The Morgan fingerprint density at radius 3 is 2.56 bits per heavy atom.